The second-order valence-electron chi connectivity index (χ2n) is 12.9. The van der Waals surface area contributed by atoms with Gasteiger partial charge >= 0.3 is 0 Å². The SMILES string of the molecule is CCCCCCCCCCCCCCOc1cc(C(C)(C)C)ccc1CC(=O)Nc1ccc(C[n+]2csc(C)c2)cc1.[Br-]. The predicted octanol–water partition coefficient (Wildman–Crippen LogP) is 6.95. The summed E-state index contributed by atoms with van der Waals surface area (Å²) in [7, 11) is 0. The van der Waals surface area contributed by atoms with Crippen LogP contribution in [0.1, 0.15) is 126 Å². The molecule has 3 rings (SSSR count). The molecule has 0 fully saturated rings. The molecule has 1 heterocycles. The van der Waals surface area contributed by atoms with E-state index >= 15 is 0 Å². The van der Waals surface area contributed by atoms with Gasteiger partial charge < -0.3 is 27.0 Å². The number of benzene rings is 2. The lowest BCUT2D eigenvalue weighted by Gasteiger charge is -2.21. The number of nitrogens with one attached hydrogen (secondary N) is 1. The number of ether oxygens (including phenoxy) is 1. The van der Waals surface area contributed by atoms with Crippen LogP contribution in [-0.4, -0.2) is 12.5 Å². The zero-order valence-electron chi connectivity index (χ0n) is 27.4. The fraction of sp³-hybridized carbons (Fsp3) is 0.568. The molecule has 4 nitrogen and oxygen atoms in total. The number of anilines is 1. The number of carbonyl (C=O) groups excluding carboxylic acids is 1. The monoisotopic (exact) mass is 670 g/mol. The molecule has 0 aliphatic heterocycles. The molecular weight excluding hydrogens is 616 g/mol. The number of hydrogen-bond donors (Lipinski definition) is 1. The van der Waals surface area contributed by atoms with Gasteiger partial charge in [-0.15, -0.1) is 0 Å². The maximum atomic E-state index is 13.0. The predicted molar refractivity (Wildman–Crippen MR) is 179 cm³/mol. The van der Waals surface area contributed by atoms with Gasteiger partial charge in [0.15, 0.2) is 12.7 Å². The Hall–Kier alpha value is -2.18. The fourth-order valence-electron chi connectivity index (χ4n) is 5.24. The number of amides is 1. The summed E-state index contributed by atoms with van der Waals surface area (Å²) < 4.78 is 8.50. The van der Waals surface area contributed by atoms with Crippen molar-refractivity contribution < 1.29 is 31.1 Å². The third kappa shape index (κ3) is 14.4. The van der Waals surface area contributed by atoms with Crippen LogP contribution in [0.25, 0.3) is 0 Å². The number of nitrogens with zero attached hydrogens (tertiary/aromatic N) is 1. The Bertz CT molecular complexity index is 1200. The number of hydrogen-bond acceptors (Lipinski definition) is 3. The van der Waals surface area contributed by atoms with Gasteiger partial charge in [-0.1, -0.05) is 134 Å². The molecule has 0 bridgehead atoms. The number of rotatable bonds is 19. The minimum Gasteiger partial charge on any atom is -1.00 e. The van der Waals surface area contributed by atoms with E-state index in [4.69, 9.17) is 4.74 Å². The van der Waals surface area contributed by atoms with E-state index in [1.807, 2.05) is 12.1 Å². The maximum Gasteiger partial charge on any atom is 0.228 e. The smallest absolute Gasteiger partial charge is 0.228 e. The molecule has 1 aromatic heterocycles. The van der Waals surface area contributed by atoms with Gasteiger partial charge in [-0.05, 0) is 42.5 Å². The summed E-state index contributed by atoms with van der Waals surface area (Å²) in [5, 5.41) is 3.08. The largest absolute Gasteiger partial charge is 1.00 e. The number of carbonyl (C=O) groups is 1. The molecule has 0 aliphatic carbocycles. The zero-order valence-corrected chi connectivity index (χ0v) is 29.8. The van der Waals surface area contributed by atoms with Crippen molar-refractivity contribution in [3.8, 4) is 5.75 Å². The Kier molecular flexibility index (Phi) is 17.2. The van der Waals surface area contributed by atoms with Gasteiger partial charge in [0.1, 0.15) is 5.75 Å². The lowest BCUT2D eigenvalue weighted by atomic mass is 9.86. The lowest BCUT2D eigenvalue weighted by molar-refractivity contribution is -0.683. The van der Waals surface area contributed by atoms with Crippen molar-refractivity contribution in [1.82, 2.24) is 0 Å². The van der Waals surface area contributed by atoms with Crippen LogP contribution >= 0.6 is 11.3 Å². The molecule has 0 atom stereocenters. The highest BCUT2D eigenvalue weighted by Gasteiger charge is 2.18. The summed E-state index contributed by atoms with van der Waals surface area (Å²) in [6, 6.07) is 14.5. The Morgan fingerprint density at radius 3 is 2.02 bits per heavy atom. The number of aromatic nitrogens is 1. The van der Waals surface area contributed by atoms with Crippen LogP contribution in [0.5, 0.6) is 5.75 Å². The normalized spacial score (nSPS) is 11.3. The van der Waals surface area contributed by atoms with Crippen molar-refractivity contribution in [1.29, 1.82) is 0 Å². The second-order valence-corrected chi connectivity index (χ2v) is 14.0. The molecule has 43 heavy (non-hydrogen) atoms. The van der Waals surface area contributed by atoms with E-state index in [1.165, 1.54) is 86.6 Å². The van der Waals surface area contributed by atoms with Crippen molar-refractivity contribution in [3.63, 3.8) is 0 Å². The molecule has 2 aromatic carbocycles. The highest BCUT2D eigenvalue weighted by molar-refractivity contribution is 7.09. The molecule has 0 saturated heterocycles. The van der Waals surface area contributed by atoms with Gasteiger partial charge in [-0.25, -0.2) is 0 Å². The van der Waals surface area contributed by atoms with E-state index in [1.54, 1.807) is 11.3 Å². The summed E-state index contributed by atoms with van der Waals surface area (Å²) >= 11 is 1.75. The minimum atomic E-state index is -0.0238. The van der Waals surface area contributed by atoms with Crippen LogP contribution in [0.3, 0.4) is 0 Å². The molecule has 1 N–H and O–H groups in total. The molecule has 0 spiro atoms. The van der Waals surface area contributed by atoms with E-state index in [0.29, 0.717) is 13.0 Å². The van der Waals surface area contributed by atoms with Crippen molar-refractivity contribution in [2.24, 2.45) is 0 Å². The quantitative estimate of drug-likeness (QED) is 0.111. The first kappa shape index (κ1) is 37.0. The van der Waals surface area contributed by atoms with Crippen molar-refractivity contribution in [2.75, 3.05) is 11.9 Å². The molecular formula is C37H55BrN2O2S. The summed E-state index contributed by atoms with van der Waals surface area (Å²) in [6.45, 7) is 12.6. The van der Waals surface area contributed by atoms with E-state index in [9.17, 15) is 4.79 Å². The van der Waals surface area contributed by atoms with Crippen molar-refractivity contribution in [2.45, 2.75) is 130 Å². The minimum absolute atomic E-state index is 0. The molecule has 1 amide bonds. The summed E-state index contributed by atoms with van der Waals surface area (Å²) in [5.41, 5.74) is 6.36. The number of halogens is 1. The van der Waals surface area contributed by atoms with Crippen molar-refractivity contribution in [3.05, 3.63) is 75.7 Å². The lowest BCUT2D eigenvalue weighted by Crippen LogP contribution is -3.00. The molecule has 0 unspecified atom stereocenters. The molecule has 0 radical (unpaired) electrons. The standard InChI is InChI=1S/C37H54N2O2S.BrH/c1-6-7-8-9-10-11-12-13-14-15-16-17-24-41-35-26-33(37(3,4)5)21-20-32(35)25-36(40)38-34-22-18-31(19-23-34)28-39-27-30(2)42-29-39;/h18-23,26-27,29H,6-17,24-25,28H2,1-5H3;1H. The third-order valence-corrected chi connectivity index (χ3v) is 8.72. The second kappa shape index (κ2) is 20.0. The highest BCUT2D eigenvalue weighted by Crippen LogP contribution is 2.29. The Balaban J connectivity index is 0.00000645. The summed E-state index contributed by atoms with van der Waals surface area (Å²) in [6.07, 6.45) is 18.4. The van der Waals surface area contributed by atoms with Crippen LogP contribution in [0, 0.1) is 6.92 Å². The van der Waals surface area contributed by atoms with Crippen LogP contribution in [0.4, 0.5) is 5.69 Å². The Labute approximate surface area is 276 Å². The first-order valence-electron chi connectivity index (χ1n) is 16.3. The average molecular weight is 672 g/mol. The van der Waals surface area contributed by atoms with Gasteiger partial charge in [-0.2, -0.15) is 4.57 Å². The zero-order chi connectivity index (χ0) is 30.2. The molecule has 6 heteroatoms. The average Bonchev–Trinajstić information content (AvgIpc) is 3.36. The van der Waals surface area contributed by atoms with Gasteiger partial charge in [0.25, 0.3) is 0 Å². The van der Waals surface area contributed by atoms with E-state index in [2.05, 4.69) is 86.5 Å². The molecule has 3 aromatic rings. The van der Waals surface area contributed by atoms with Gasteiger partial charge in [0.05, 0.1) is 17.9 Å². The van der Waals surface area contributed by atoms with Crippen LogP contribution in [-0.2, 0) is 23.2 Å². The first-order valence-corrected chi connectivity index (χ1v) is 17.2. The first-order chi connectivity index (χ1) is 20.2. The Morgan fingerprint density at radius 2 is 1.47 bits per heavy atom. The number of unbranched alkanes of at least 4 members (excludes halogenated alkanes) is 11. The van der Waals surface area contributed by atoms with Gasteiger partial charge in [0, 0.05) is 16.8 Å². The van der Waals surface area contributed by atoms with Crippen LogP contribution in [0.15, 0.2) is 54.2 Å². The molecule has 0 saturated carbocycles. The summed E-state index contributed by atoms with van der Waals surface area (Å²) in [4.78, 5) is 14.3. The van der Waals surface area contributed by atoms with Crippen molar-refractivity contribution >= 4 is 22.9 Å². The molecule has 238 valence electrons. The maximum absolute atomic E-state index is 13.0. The van der Waals surface area contributed by atoms with E-state index in [-0.39, 0.29) is 28.3 Å². The highest BCUT2D eigenvalue weighted by atomic mass is 79.9. The van der Waals surface area contributed by atoms with Gasteiger partial charge in [0.2, 0.25) is 11.4 Å². The van der Waals surface area contributed by atoms with Gasteiger partial charge in [-0.3, -0.25) is 4.79 Å². The number of thiazole rings is 1. The topological polar surface area (TPSA) is 42.2 Å². The van der Waals surface area contributed by atoms with Crippen LogP contribution < -0.4 is 31.6 Å². The molecule has 0 aliphatic rings. The fourth-order valence-corrected chi connectivity index (χ4v) is 5.87. The summed E-state index contributed by atoms with van der Waals surface area (Å²) in [5.74, 6) is 0.823. The van der Waals surface area contributed by atoms with E-state index in [0.717, 1.165) is 30.0 Å². The third-order valence-electron chi connectivity index (χ3n) is 7.86. The number of aryl methyl sites for hydroxylation is 1. The Morgan fingerprint density at radius 1 is 0.860 bits per heavy atom. The van der Waals surface area contributed by atoms with Crippen LogP contribution in [0.2, 0.25) is 0 Å². The van der Waals surface area contributed by atoms with E-state index < -0.39 is 0 Å².